The van der Waals surface area contributed by atoms with Gasteiger partial charge >= 0.3 is 0 Å². The number of aromatic nitrogens is 2. The Kier molecular flexibility index (Phi) is 3.58. The minimum Gasteiger partial charge on any atom is -0.361 e. The number of para-hydroxylation sites is 1. The van der Waals surface area contributed by atoms with Crippen LogP contribution in [-0.4, -0.2) is 22.0 Å². The molecule has 0 spiro atoms. The van der Waals surface area contributed by atoms with Crippen LogP contribution in [0.4, 0.5) is 0 Å². The zero-order valence-corrected chi connectivity index (χ0v) is 13.5. The van der Waals surface area contributed by atoms with E-state index in [-0.39, 0.29) is 5.91 Å². The number of hydrogen-bond donors (Lipinski definition) is 2. The lowest BCUT2D eigenvalue weighted by Crippen LogP contribution is -2.25. The summed E-state index contributed by atoms with van der Waals surface area (Å²) in [4.78, 5) is 15.8. The number of carbonyl (C=O) groups excluding carboxylic acids is 1. The number of H-pyrrole nitrogens is 1. The van der Waals surface area contributed by atoms with E-state index in [4.69, 9.17) is 0 Å². The standard InChI is InChI=1S/C20H19N3O/c1-23-12-10-16-17(6-4-8-19(16)23)20(24)21-11-9-14-13-22-18-7-3-2-5-15(14)18/h2-8,10,12-13,22H,9,11H2,1H3,(H,21,24). The van der Waals surface area contributed by atoms with Crippen LogP contribution in [0.25, 0.3) is 21.8 Å². The van der Waals surface area contributed by atoms with Gasteiger partial charge in [0.15, 0.2) is 0 Å². The van der Waals surface area contributed by atoms with Crippen molar-refractivity contribution in [1.82, 2.24) is 14.9 Å². The van der Waals surface area contributed by atoms with E-state index in [0.29, 0.717) is 6.54 Å². The fourth-order valence-electron chi connectivity index (χ4n) is 3.24. The van der Waals surface area contributed by atoms with Crippen LogP contribution >= 0.6 is 0 Å². The van der Waals surface area contributed by atoms with E-state index in [1.54, 1.807) is 0 Å². The Labute approximate surface area is 140 Å². The highest BCUT2D eigenvalue weighted by molar-refractivity contribution is 6.06. The normalized spacial score (nSPS) is 11.2. The lowest BCUT2D eigenvalue weighted by Gasteiger charge is -2.07. The molecule has 0 aliphatic carbocycles. The number of nitrogens with zero attached hydrogens (tertiary/aromatic N) is 1. The van der Waals surface area contributed by atoms with Gasteiger partial charge in [-0.05, 0) is 36.2 Å². The van der Waals surface area contributed by atoms with Crippen molar-refractivity contribution < 1.29 is 4.79 Å². The highest BCUT2D eigenvalue weighted by Gasteiger charge is 2.11. The van der Waals surface area contributed by atoms with Crippen LogP contribution < -0.4 is 5.32 Å². The van der Waals surface area contributed by atoms with Gasteiger partial charge in [-0.2, -0.15) is 0 Å². The molecule has 120 valence electrons. The van der Waals surface area contributed by atoms with Gasteiger partial charge in [0.05, 0.1) is 0 Å². The first-order valence-corrected chi connectivity index (χ1v) is 8.11. The number of benzene rings is 2. The molecule has 0 saturated heterocycles. The molecule has 4 heteroatoms. The van der Waals surface area contributed by atoms with E-state index >= 15 is 0 Å². The van der Waals surface area contributed by atoms with Gasteiger partial charge in [0, 0.05) is 53.4 Å². The molecular formula is C20H19N3O. The summed E-state index contributed by atoms with van der Waals surface area (Å²) in [5.41, 5.74) is 4.16. The number of aryl methyl sites for hydroxylation is 1. The second-order valence-corrected chi connectivity index (χ2v) is 6.03. The second kappa shape index (κ2) is 5.89. The van der Waals surface area contributed by atoms with Crippen molar-refractivity contribution >= 4 is 27.7 Å². The number of amides is 1. The third-order valence-electron chi connectivity index (χ3n) is 4.53. The summed E-state index contributed by atoms with van der Waals surface area (Å²) >= 11 is 0. The number of hydrogen-bond acceptors (Lipinski definition) is 1. The van der Waals surface area contributed by atoms with Crippen molar-refractivity contribution in [2.24, 2.45) is 7.05 Å². The smallest absolute Gasteiger partial charge is 0.251 e. The Morgan fingerprint density at radius 2 is 1.96 bits per heavy atom. The molecule has 0 saturated carbocycles. The number of nitrogens with one attached hydrogen (secondary N) is 2. The van der Waals surface area contributed by atoms with Gasteiger partial charge in [0.1, 0.15) is 0 Å². The van der Waals surface area contributed by atoms with Crippen molar-refractivity contribution in [3.63, 3.8) is 0 Å². The number of fused-ring (bicyclic) bond motifs is 2. The molecular weight excluding hydrogens is 298 g/mol. The molecule has 24 heavy (non-hydrogen) atoms. The molecule has 0 radical (unpaired) electrons. The van der Waals surface area contributed by atoms with Crippen molar-refractivity contribution in [2.45, 2.75) is 6.42 Å². The maximum atomic E-state index is 12.5. The third kappa shape index (κ3) is 2.46. The molecule has 0 aliphatic rings. The van der Waals surface area contributed by atoms with Crippen molar-refractivity contribution in [3.8, 4) is 0 Å². The predicted molar refractivity (Wildman–Crippen MR) is 97.3 cm³/mol. The van der Waals surface area contributed by atoms with Gasteiger partial charge in [0.2, 0.25) is 0 Å². The van der Waals surface area contributed by atoms with Crippen molar-refractivity contribution in [1.29, 1.82) is 0 Å². The van der Waals surface area contributed by atoms with E-state index in [1.807, 2.05) is 60.4 Å². The summed E-state index contributed by atoms with van der Waals surface area (Å²) < 4.78 is 2.03. The molecule has 0 bridgehead atoms. The molecule has 0 unspecified atom stereocenters. The predicted octanol–water partition coefficient (Wildman–Crippen LogP) is 3.63. The molecule has 2 N–H and O–H groups in total. The fourth-order valence-corrected chi connectivity index (χ4v) is 3.24. The Morgan fingerprint density at radius 1 is 1.08 bits per heavy atom. The van der Waals surface area contributed by atoms with Crippen LogP contribution in [-0.2, 0) is 13.5 Å². The monoisotopic (exact) mass is 317 g/mol. The highest BCUT2D eigenvalue weighted by Crippen LogP contribution is 2.20. The van der Waals surface area contributed by atoms with Crippen molar-refractivity contribution in [3.05, 3.63) is 72.1 Å². The molecule has 4 nitrogen and oxygen atoms in total. The minimum absolute atomic E-state index is 0.0216. The van der Waals surface area contributed by atoms with Crippen LogP contribution in [0.3, 0.4) is 0 Å². The van der Waals surface area contributed by atoms with Gasteiger partial charge in [0.25, 0.3) is 5.91 Å². The summed E-state index contributed by atoms with van der Waals surface area (Å²) in [5.74, 6) is -0.0216. The number of aromatic amines is 1. The van der Waals surface area contributed by atoms with Crippen molar-refractivity contribution in [2.75, 3.05) is 6.54 Å². The minimum atomic E-state index is -0.0216. The molecule has 4 rings (SSSR count). The van der Waals surface area contributed by atoms with Crippen LogP contribution in [0, 0.1) is 0 Å². The maximum absolute atomic E-state index is 12.5. The van der Waals surface area contributed by atoms with Gasteiger partial charge < -0.3 is 14.9 Å². The third-order valence-corrected chi connectivity index (χ3v) is 4.53. The molecule has 0 aliphatic heterocycles. The van der Waals surface area contributed by atoms with E-state index in [1.165, 1.54) is 10.9 Å². The van der Waals surface area contributed by atoms with E-state index in [9.17, 15) is 4.79 Å². The SMILES string of the molecule is Cn1ccc2c(C(=O)NCCc3c[nH]c4ccccc34)cccc21. The molecule has 0 fully saturated rings. The average molecular weight is 317 g/mol. The van der Waals surface area contributed by atoms with E-state index < -0.39 is 0 Å². The lowest BCUT2D eigenvalue weighted by atomic mass is 10.1. The summed E-state index contributed by atoms with van der Waals surface area (Å²) in [6.45, 7) is 0.615. The van der Waals surface area contributed by atoms with Gasteiger partial charge in [-0.25, -0.2) is 0 Å². The zero-order chi connectivity index (χ0) is 16.5. The highest BCUT2D eigenvalue weighted by atomic mass is 16.1. The molecule has 1 amide bonds. The molecule has 2 heterocycles. The summed E-state index contributed by atoms with van der Waals surface area (Å²) in [6.07, 6.45) is 4.81. The lowest BCUT2D eigenvalue weighted by molar-refractivity contribution is 0.0956. The Bertz CT molecular complexity index is 1030. The first-order chi connectivity index (χ1) is 11.7. The first-order valence-electron chi connectivity index (χ1n) is 8.11. The number of carbonyl (C=O) groups is 1. The number of rotatable bonds is 4. The summed E-state index contributed by atoms with van der Waals surface area (Å²) in [6, 6.07) is 16.0. The van der Waals surface area contributed by atoms with Crippen LogP contribution in [0.1, 0.15) is 15.9 Å². The maximum Gasteiger partial charge on any atom is 0.251 e. The van der Waals surface area contributed by atoms with Gasteiger partial charge in [-0.1, -0.05) is 24.3 Å². The summed E-state index contributed by atoms with van der Waals surface area (Å²) in [5, 5.41) is 5.25. The van der Waals surface area contributed by atoms with Crippen LogP contribution in [0.2, 0.25) is 0 Å². The van der Waals surface area contributed by atoms with Crippen LogP contribution in [0.5, 0.6) is 0 Å². The molecule has 0 atom stereocenters. The molecule has 2 aromatic heterocycles. The first kappa shape index (κ1) is 14.6. The largest absolute Gasteiger partial charge is 0.361 e. The molecule has 4 aromatic rings. The summed E-state index contributed by atoms with van der Waals surface area (Å²) in [7, 11) is 1.99. The fraction of sp³-hybridized carbons (Fsp3) is 0.150. The van der Waals surface area contributed by atoms with E-state index in [0.717, 1.165) is 28.4 Å². The Morgan fingerprint density at radius 3 is 2.88 bits per heavy atom. The van der Waals surface area contributed by atoms with E-state index in [2.05, 4.69) is 22.4 Å². The molecule has 2 aromatic carbocycles. The second-order valence-electron chi connectivity index (χ2n) is 6.03. The average Bonchev–Trinajstić information content (AvgIpc) is 3.19. The van der Waals surface area contributed by atoms with Crippen LogP contribution in [0.15, 0.2) is 60.9 Å². The van der Waals surface area contributed by atoms with Gasteiger partial charge in [-0.15, -0.1) is 0 Å². The van der Waals surface area contributed by atoms with Gasteiger partial charge in [-0.3, -0.25) is 4.79 Å². The topological polar surface area (TPSA) is 49.8 Å². The Balaban J connectivity index is 1.48. The zero-order valence-electron chi connectivity index (χ0n) is 13.5. The quantitative estimate of drug-likeness (QED) is 0.593. The Hall–Kier alpha value is -3.01.